The first-order valence-corrected chi connectivity index (χ1v) is 16.0. The number of carbonyl (C=O) groups is 2. The van der Waals surface area contributed by atoms with E-state index in [0.29, 0.717) is 19.4 Å². The van der Waals surface area contributed by atoms with Crippen LogP contribution in [0, 0.1) is 0 Å². The van der Waals surface area contributed by atoms with Crippen molar-refractivity contribution in [2.75, 3.05) is 6.54 Å². The lowest BCUT2D eigenvalue weighted by molar-refractivity contribution is -0.175. The van der Waals surface area contributed by atoms with Crippen LogP contribution in [0.15, 0.2) is 60.7 Å². The summed E-state index contributed by atoms with van der Waals surface area (Å²) in [5.74, 6) is -0.453. The number of rotatable bonds is 8. The van der Waals surface area contributed by atoms with Gasteiger partial charge in [-0.25, -0.2) is 9.59 Å². The Kier molecular flexibility index (Phi) is 8.97. The number of esters is 1. The Morgan fingerprint density at radius 3 is 2.08 bits per heavy atom. The van der Waals surface area contributed by atoms with Gasteiger partial charge in [0, 0.05) is 6.54 Å². The lowest BCUT2D eigenvalue weighted by atomic mass is 9.90. The van der Waals surface area contributed by atoms with Gasteiger partial charge in [-0.05, 0) is 64.4 Å². The summed E-state index contributed by atoms with van der Waals surface area (Å²) in [4.78, 5) is 28.8. The Bertz CT molecular complexity index is 1000. The largest absolute Gasteiger partial charge is 0.453 e. The first-order valence-electron chi connectivity index (χ1n) is 12.6. The summed E-state index contributed by atoms with van der Waals surface area (Å²) in [6.45, 7) is 12.1. The van der Waals surface area contributed by atoms with Crippen molar-refractivity contribution >= 4 is 20.4 Å². The molecule has 196 valence electrons. The van der Waals surface area contributed by atoms with Gasteiger partial charge in [0.2, 0.25) is 0 Å². The molecule has 1 amide bonds. The number of cyclic esters (lactones) is 1. The molecule has 2 aromatic carbocycles. The van der Waals surface area contributed by atoms with Gasteiger partial charge in [0.05, 0.1) is 6.10 Å². The number of hydrogen-bond acceptors (Lipinski definition) is 6. The first kappa shape index (κ1) is 27.9. The highest BCUT2D eigenvalue weighted by molar-refractivity contribution is 6.69. The van der Waals surface area contributed by atoms with Gasteiger partial charge in [0.25, 0.3) is 0 Å². The van der Waals surface area contributed by atoms with Crippen LogP contribution in [0.4, 0.5) is 4.79 Å². The van der Waals surface area contributed by atoms with Gasteiger partial charge < -0.3 is 19.6 Å². The van der Waals surface area contributed by atoms with Gasteiger partial charge in [-0.3, -0.25) is 4.90 Å². The van der Waals surface area contributed by atoms with Gasteiger partial charge in [0.15, 0.2) is 14.4 Å². The second-order valence-corrected chi connectivity index (χ2v) is 15.7. The Labute approximate surface area is 216 Å². The molecule has 2 N–H and O–H groups in total. The zero-order valence-corrected chi connectivity index (χ0v) is 23.3. The van der Waals surface area contributed by atoms with E-state index in [-0.39, 0.29) is 6.10 Å². The minimum absolute atomic E-state index is 0.202. The molecule has 36 heavy (non-hydrogen) atoms. The molecule has 1 saturated heterocycles. The Balaban J connectivity index is 2.04. The summed E-state index contributed by atoms with van der Waals surface area (Å²) in [7, 11) is -1.84. The van der Waals surface area contributed by atoms with Crippen LogP contribution in [0.25, 0.3) is 0 Å². The minimum atomic E-state index is -1.84. The Morgan fingerprint density at radius 1 is 1.03 bits per heavy atom. The zero-order chi connectivity index (χ0) is 26.5. The van der Waals surface area contributed by atoms with Crippen molar-refractivity contribution < 1.29 is 23.5 Å². The molecule has 0 spiro atoms. The fourth-order valence-corrected chi connectivity index (χ4v) is 5.70. The molecule has 0 radical (unpaired) electrons. The third-order valence-electron chi connectivity index (χ3n) is 5.86. The fraction of sp³-hybridized carbons (Fsp3) is 0.500. The fourth-order valence-electron chi connectivity index (χ4n) is 4.48. The monoisotopic (exact) mass is 512 g/mol. The zero-order valence-electron chi connectivity index (χ0n) is 22.3. The number of benzene rings is 2. The SMILES string of the molecule is CC(C)(C)OC(=O)N1[C@@H](CC[C@H](CN)O[Si](C)(C)C)C(=O)O[C@H](c2ccccc2)[C@@H]1c1ccccc1. The van der Waals surface area contributed by atoms with Gasteiger partial charge in [0.1, 0.15) is 17.7 Å². The highest BCUT2D eigenvalue weighted by atomic mass is 28.4. The molecular weight excluding hydrogens is 472 g/mol. The molecule has 1 fully saturated rings. The van der Waals surface area contributed by atoms with Crippen LogP contribution in [0.2, 0.25) is 19.6 Å². The molecule has 4 atom stereocenters. The van der Waals surface area contributed by atoms with Crippen LogP contribution in [0.1, 0.15) is 56.9 Å². The van der Waals surface area contributed by atoms with E-state index in [0.717, 1.165) is 11.1 Å². The van der Waals surface area contributed by atoms with Crippen molar-refractivity contribution in [2.24, 2.45) is 5.73 Å². The van der Waals surface area contributed by atoms with Gasteiger partial charge in [-0.1, -0.05) is 60.7 Å². The average molecular weight is 513 g/mol. The maximum atomic E-state index is 13.7. The van der Waals surface area contributed by atoms with Crippen LogP contribution in [0.5, 0.6) is 0 Å². The summed E-state index contributed by atoms with van der Waals surface area (Å²) in [5.41, 5.74) is 6.95. The Hall–Kier alpha value is -2.68. The van der Waals surface area contributed by atoms with E-state index in [1.807, 2.05) is 81.4 Å². The van der Waals surface area contributed by atoms with Crippen molar-refractivity contribution in [2.45, 2.75) is 83.1 Å². The third-order valence-corrected chi connectivity index (χ3v) is 6.90. The summed E-state index contributed by atoms with van der Waals surface area (Å²) < 4.78 is 18.1. The molecule has 1 aliphatic heterocycles. The van der Waals surface area contributed by atoms with E-state index in [1.165, 1.54) is 0 Å². The molecule has 1 heterocycles. The molecule has 0 aliphatic carbocycles. The van der Waals surface area contributed by atoms with Crippen LogP contribution < -0.4 is 5.73 Å². The predicted octanol–water partition coefficient (Wildman–Crippen LogP) is 5.59. The highest BCUT2D eigenvalue weighted by Gasteiger charge is 2.49. The van der Waals surface area contributed by atoms with Crippen LogP contribution >= 0.6 is 0 Å². The van der Waals surface area contributed by atoms with Crippen LogP contribution in [0.3, 0.4) is 0 Å². The van der Waals surface area contributed by atoms with Crippen molar-refractivity contribution in [1.82, 2.24) is 4.90 Å². The summed E-state index contributed by atoms with van der Waals surface area (Å²) >= 11 is 0. The topological polar surface area (TPSA) is 91.1 Å². The van der Waals surface area contributed by atoms with E-state index in [4.69, 9.17) is 19.6 Å². The number of hydrogen-bond donors (Lipinski definition) is 1. The summed E-state index contributed by atoms with van der Waals surface area (Å²) in [6, 6.07) is 17.8. The molecule has 0 aromatic heterocycles. The number of carbonyl (C=O) groups excluding carboxylic acids is 2. The molecule has 7 nitrogen and oxygen atoms in total. The normalized spacial score (nSPS) is 21.6. The molecule has 2 aromatic rings. The molecule has 0 saturated carbocycles. The predicted molar refractivity (Wildman–Crippen MR) is 143 cm³/mol. The van der Waals surface area contributed by atoms with Crippen molar-refractivity contribution in [3.63, 3.8) is 0 Å². The lowest BCUT2D eigenvalue weighted by Crippen LogP contribution is -2.55. The maximum absolute atomic E-state index is 13.7. The number of nitrogens with two attached hydrogens (primary N) is 1. The molecular formula is C28H40N2O5Si. The molecule has 0 unspecified atom stereocenters. The van der Waals surface area contributed by atoms with Crippen LogP contribution in [-0.4, -0.2) is 49.6 Å². The van der Waals surface area contributed by atoms with E-state index in [1.54, 1.807) is 4.90 Å². The maximum Gasteiger partial charge on any atom is 0.411 e. The van der Waals surface area contributed by atoms with Crippen molar-refractivity contribution in [3.05, 3.63) is 71.8 Å². The van der Waals surface area contributed by atoms with Crippen molar-refractivity contribution in [1.29, 1.82) is 0 Å². The number of ether oxygens (including phenoxy) is 2. The standard InChI is InChI=1S/C28H40N2O5Si/c1-28(2,3)34-27(32)30-23(18-17-22(19-29)35-36(4,5)6)26(31)33-25(21-15-11-8-12-16-21)24(30)20-13-9-7-10-14-20/h7-16,22-25H,17-19,29H2,1-6H3/t22-,23+,24+,25-/m1/s1. The summed E-state index contributed by atoms with van der Waals surface area (Å²) in [5, 5.41) is 0. The van der Waals surface area contributed by atoms with Crippen molar-refractivity contribution in [3.8, 4) is 0 Å². The minimum Gasteiger partial charge on any atom is -0.453 e. The highest BCUT2D eigenvalue weighted by Crippen LogP contribution is 2.43. The first-order chi connectivity index (χ1) is 16.9. The molecule has 8 heteroatoms. The molecule has 1 aliphatic rings. The van der Waals surface area contributed by atoms with E-state index >= 15 is 0 Å². The van der Waals surface area contributed by atoms with Crippen LogP contribution in [-0.2, 0) is 18.7 Å². The average Bonchev–Trinajstić information content (AvgIpc) is 2.81. The van der Waals surface area contributed by atoms with E-state index < -0.39 is 44.2 Å². The second kappa shape index (κ2) is 11.6. The summed E-state index contributed by atoms with van der Waals surface area (Å²) in [6.07, 6.45) is -0.540. The van der Waals surface area contributed by atoms with E-state index in [2.05, 4.69) is 19.6 Å². The lowest BCUT2D eigenvalue weighted by Gasteiger charge is -2.45. The third kappa shape index (κ3) is 7.41. The van der Waals surface area contributed by atoms with E-state index in [9.17, 15) is 9.59 Å². The smallest absolute Gasteiger partial charge is 0.411 e. The number of amides is 1. The second-order valence-electron chi connectivity index (χ2n) is 11.2. The molecule has 3 rings (SSSR count). The van der Waals surface area contributed by atoms with Gasteiger partial charge >= 0.3 is 12.1 Å². The Morgan fingerprint density at radius 2 is 1.58 bits per heavy atom. The number of morpholine rings is 1. The quantitative estimate of drug-likeness (QED) is 0.366. The number of nitrogens with zero attached hydrogens (tertiary/aromatic N) is 1. The molecule has 0 bridgehead atoms. The van der Waals surface area contributed by atoms with Gasteiger partial charge in [-0.15, -0.1) is 0 Å². The van der Waals surface area contributed by atoms with Gasteiger partial charge in [-0.2, -0.15) is 0 Å².